The van der Waals surface area contributed by atoms with E-state index in [1.54, 1.807) is 38.4 Å². The molecule has 7 heteroatoms. The maximum absolute atomic E-state index is 12.4. The number of carbonyl (C=O) groups is 1. The van der Waals surface area contributed by atoms with Crippen LogP contribution in [0.3, 0.4) is 0 Å². The molecule has 20 heavy (non-hydrogen) atoms. The molecule has 0 aliphatic rings. The van der Waals surface area contributed by atoms with E-state index in [0.29, 0.717) is 12.4 Å². The summed E-state index contributed by atoms with van der Waals surface area (Å²) in [7, 11) is 7.15. The molecule has 1 aromatic rings. The van der Waals surface area contributed by atoms with Crippen LogP contribution in [-0.2, 0) is 0 Å². The van der Waals surface area contributed by atoms with E-state index < -0.39 is 21.0 Å². The van der Waals surface area contributed by atoms with Crippen LogP contribution in [0.4, 0.5) is 4.79 Å². The number of hydrogen-bond donors (Lipinski definition) is 1. The van der Waals surface area contributed by atoms with E-state index in [1.165, 1.54) is 0 Å². The van der Waals surface area contributed by atoms with Crippen LogP contribution in [0.25, 0.3) is 0 Å². The van der Waals surface area contributed by atoms with Crippen molar-refractivity contribution in [3.63, 3.8) is 0 Å². The molecule has 0 radical (unpaired) electrons. The third-order valence-electron chi connectivity index (χ3n) is 2.59. The van der Waals surface area contributed by atoms with E-state index in [4.69, 9.17) is 9.47 Å². The fourth-order valence-corrected chi connectivity index (χ4v) is 3.12. The molecule has 1 N–H and O–H groups in total. The lowest BCUT2D eigenvalue weighted by Crippen LogP contribution is -2.58. The maximum atomic E-state index is 12.4. The molecule has 1 amide bonds. The van der Waals surface area contributed by atoms with Crippen molar-refractivity contribution in [2.24, 2.45) is 0 Å². The quantitative estimate of drug-likeness (QED) is 0.346. The first kappa shape index (κ1) is 17.0. The van der Waals surface area contributed by atoms with Gasteiger partial charge in [-0.25, -0.2) is 0 Å². The third-order valence-corrected chi connectivity index (χ3v) is 4.94. The fraction of sp³-hybridized carbons (Fsp3) is 0.385. The monoisotopic (exact) mass is 394 g/mol. The second-order valence-corrected chi connectivity index (χ2v) is 6.65. The molecule has 0 aromatic heterocycles. The summed E-state index contributed by atoms with van der Waals surface area (Å²) in [5, 5.41) is 0. The predicted octanol–water partition coefficient (Wildman–Crippen LogP) is 1.98. The Labute approximate surface area is 129 Å². The zero-order valence-corrected chi connectivity index (χ0v) is 14.4. The van der Waals surface area contributed by atoms with Gasteiger partial charge in [0.05, 0.1) is 7.11 Å². The third kappa shape index (κ3) is 4.23. The van der Waals surface area contributed by atoms with Crippen molar-refractivity contribution in [3.05, 3.63) is 24.3 Å². The van der Waals surface area contributed by atoms with Crippen molar-refractivity contribution in [2.45, 2.75) is 0 Å². The van der Waals surface area contributed by atoms with Gasteiger partial charge in [-0.3, -0.25) is 4.90 Å². The van der Waals surface area contributed by atoms with E-state index in [-0.39, 0.29) is 8.90 Å². The lowest BCUT2D eigenvalue weighted by atomic mass is 10.3. The molecule has 0 bridgehead atoms. The average Bonchev–Trinajstić information content (AvgIpc) is 2.45. The molecule has 6 nitrogen and oxygen atoms in total. The van der Waals surface area contributed by atoms with Crippen molar-refractivity contribution >= 4 is 31.6 Å². The van der Waals surface area contributed by atoms with E-state index in [2.05, 4.69) is 9.94 Å². The first-order chi connectivity index (χ1) is 9.47. The highest BCUT2D eigenvalue weighted by molar-refractivity contribution is 14.1. The molecule has 0 fully saturated rings. The number of ether oxygens (including phenoxy) is 2. The van der Waals surface area contributed by atoms with Crippen LogP contribution in [0.5, 0.6) is 11.5 Å². The van der Waals surface area contributed by atoms with Gasteiger partial charge in [-0.2, -0.15) is 10.2 Å². The summed E-state index contributed by atoms with van der Waals surface area (Å²) < 4.78 is 14.5. The van der Waals surface area contributed by atoms with Crippen molar-refractivity contribution in [1.29, 1.82) is 0 Å². The van der Waals surface area contributed by atoms with Gasteiger partial charge in [-0.15, -0.1) is 0 Å². The molecule has 0 spiro atoms. The minimum absolute atomic E-state index is 0.0257. The number of halogens is 1. The summed E-state index contributed by atoms with van der Waals surface area (Å²) in [5.41, 5.74) is 3.02. The van der Waals surface area contributed by atoms with Crippen molar-refractivity contribution in [3.8, 4) is 11.5 Å². The Kier molecular flexibility index (Phi) is 6.53. The Hall–Kier alpha value is -1.03. The van der Waals surface area contributed by atoms with Gasteiger partial charge in [-0.05, 0) is 42.9 Å². The van der Waals surface area contributed by atoms with Gasteiger partial charge < -0.3 is 9.47 Å². The van der Waals surface area contributed by atoms with Crippen LogP contribution >= 0.6 is 21.0 Å². The Balaban J connectivity index is 2.87. The SMILES string of the molecule is C=I[N+](CN(C)C)(NC)C(=O)Oc1ccc(OC)cc1. The van der Waals surface area contributed by atoms with Crippen molar-refractivity contribution < 1.29 is 17.1 Å². The topological polar surface area (TPSA) is 50.8 Å². The lowest BCUT2D eigenvalue weighted by Gasteiger charge is -2.29. The summed E-state index contributed by atoms with van der Waals surface area (Å²) in [4.78, 5) is 14.3. The first-order valence-corrected chi connectivity index (χ1v) is 8.45. The van der Waals surface area contributed by atoms with Crippen LogP contribution < -0.4 is 14.9 Å². The summed E-state index contributed by atoms with van der Waals surface area (Å²) in [6, 6.07) is 6.92. The first-order valence-electron chi connectivity index (χ1n) is 5.96. The normalized spacial score (nSPS) is 13.8. The molecule has 1 aromatic carbocycles. The molecule has 0 saturated heterocycles. The van der Waals surface area contributed by atoms with Crippen molar-refractivity contribution in [1.82, 2.24) is 10.3 Å². The molecular weight excluding hydrogens is 373 g/mol. The number of hydrogen-bond acceptors (Lipinski definition) is 5. The molecule has 0 heterocycles. The van der Waals surface area contributed by atoms with Gasteiger partial charge >= 0.3 is 6.09 Å². The maximum Gasteiger partial charge on any atom is 0.550 e. The summed E-state index contributed by atoms with van der Waals surface area (Å²) in [5.74, 6) is 1.21. The number of benzene rings is 1. The Morgan fingerprint density at radius 1 is 1.35 bits per heavy atom. The predicted molar refractivity (Wildman–Crippen MR) is 88.0 cm³/mol. The zero-order valence-electron chi connectivity index (χ0n) is 12.2. The number of rotatable bonds is 6. The molecule has 112 valence electrons. The highest BCUT2D eigenvalue weighted by Crippen LogP contribution is 2.23. The number of nitrogens with zero attached hydrogens (tertiary/aromatic N) is 2. The van der Waals surface area contributed by atoms with Crippen LogP contribution in [0.2, 0.25) is 0 Å². The molecule has 0 aliphatic heterocycles. The van der Waals surface area contributed by atoms with Gasteiger partial charge in [-0.1, -0.05) is 2.81 Å². The van der Waals surface area contributed by atoms with Crippen molar-refractivity contribution in [2.75, 3.05) is 34.9 Å². The molecule has 1 unspecified atom stereocenters. The fourth-order valence-electron chi connectivity index (χ4n) is 1.57. The van der Waals surface area contributed by atoms with Crippen LogP contribution in [0.1, 0.15) is 0 Å². The number of carbonyl (C=O) groups excluding carboxylic acids is 1. The van der Waals surface area contributed by atoms with E-state index in [9.17, 15) is 4.79 Å². The van der Waals surface area contributed by atoms with Crippen LogP contribution in [0.15, 0.2) is 24.3 Å². The number of methoxy groups -OCH3 is 1. The smallest absolute Gasteiger partial charge is 0.497 e. The number of amides is 1. The largest absolute Gasteiger partial charge is 0.550 e. The minimum atomic E-state index is -0.692. The minimum Gasteiger partial charge on any atom is -0.497 e. The van der Waals surface area contributed by atoms with Gasteiger partial charge in [0.2, 0.25) is 0 Å². The second kappa shape index (κ2) is 7.67. The van der Waals surface area contributed by atoms with E-state index in [0.717, 1.165) is 5.75 Å². The lowest BCUT2D eigenvalue weighted by molar-refractivity contribution is -0.735. The number of quaternary nitrogens is 1. The molecule has 0 aliphatic carbocycles. The second-order valence-electron chi connectivity index (χ2n) is 4.32. The molecule has 1 atom stereocenters. The molecular formula is C13H21IN3O3+. The number of nitrogens with one attached hydrogen (secondary N) is 1. The molecule has 1 rings (SSSR count). The Morgan fingerprint density at radius 2 is 1.90 bits per heavy atom. The zero-order chi connectivity index (χ0) is 15.2. The highest BCUT2D eigenvalue weighted by Gasteiger charge is 2.38. The summed E-state index contributed by atoms with van der Waals surface area (Å²) >= 11 is -0.692. The Morgan fingerprint density at radius 3 is 2.30 bits per heavy atom. The van der Waals surface area contributed by atoms with Gasteiger partial charge in [0.15, 0.2) is 27.7 Å². The van der Waals surface area contributed by atoms with Crippen LogP contribution in [-0.4, -0.2) is 53.2 Å². The summed E-state index contributed by atoms with van der Waals surface area (Å²) in [6.07, 6.45) is -0.353. The van der Waals surface area contributed by atoms with Gasteiger partial charge in [0.25, 0.3) is 0 Å². The van der Waals surface area contributed by atoms with Crippen LogP contribution in [0, 0.1) is 0 Å². The molecule has 0 saturated carbocycles. The average molecular weight is 394 g/mol. The van der Waals surface area contributed by atoms with E-state index >= 15 is 0 Å². The highest BCUT2D eigenvalue weighted by atomic mass is 127. The Bertz CT molecular complexity index is 464. The van der Waals surface area contributed by atoms with Gasteiger partial charge in [0, 0.05) is 7.05 Å². The van der Waals surface area contributed by atoms with Gasteiger partial charge in [0.1, 0.15) is 11.5 Å². The standard InChI is InChI=1S/C13H21IN3O3/c1-14-17(15-2,10-16(3)4)13(18)20-12-8-6-11(19-5)7-9-12/h6-9,15H,1,10H2,2-5H3/q+1. The summed E-state index contributed by atoms with van der Waals surface area (Å²) in [6.45, 7) is 0.502. The van der Waals surface area contributed by atoms with E-state index in [1.807, 2.05) is 19.0 Å².